The summed E-state index contributed by atoms with van der Waals surface area (Å²) in [6.45, 7) is 3.98. The van der Waals surface area contributed by atoms with Crippen molar-refractivity contribution in [1.82, 2.24) is 15.0 Å². The first kappa shape index (κ1) is 14.2. The molecule has 1 aromatic heterocycles. The molecule has 2 aromatic rings. The fraction of sp³-hybridized carbons (Fsp3) is 0.357. The Morgan fingerprint density at radius 2 is 2.20 bits per heavy atom. The van der Waals surface area contributed by atoms with Crippen molar-refractivity contribution >= 4 is 11.6 Å². The van der Waals surface area contributed by atoms with Crippen LogP contribution in [0.4, 0.5) is 5.69 Å². The standard InChI is InChI=1S/C14H19N5O/c1-3-10(2)13(15)14(20)17-11-6-4-5-7-12(11)19-9-8-16-18-19/h4-10,13H,3,15H2,1-2H3,(H,17,20)/t10-,13-/m0/s1. The predicted octanol–water partition coefficient (Wildman–Crippen LogP) is 1.58. The van der Waals surface area contributed by atoms with Crippen molar-refractivity contribution in [1.29, 1.82) is 0 Å². The number of nitrogens with two attached hydrogens (primary N) is 1. The molecule has 3 N–H and O–H groups in total. The highest BCUT2D eigenvalue weighted by molar-refractivity contribution is 5.96. The van der Waals surface area contributed by atoms with Crippen molar-refractivity contribution < 1.29 is 4.79 Å². The minimum atomic E-state index is -0.524. The van der Waals surface area contributed by atoms with E-state index in [1.165, 1.54) is 0 Å². The molecular formula is C14H19N5O. The van der Waals surface area contributed by atoms with E-state index in [0.29, 0.717) is 5.69 Å². The smallest absolute Gasteiger partial charge is 0.241 e. The van der Waals surface area contributed by atoms with E-state index in [-0.39, 0.29) is 11.8 Å². The lowest BCUT2D eigenvalue weighted by molar-refractivity contribution is -0.118. The quantitative estimate of drug-likeness (QED) is 0.866. The molecule has 1 heterocycles. The number of anilines is 1. The van der Waals surface area contributed by atoms with Crippen LogP contribution in [0.5, 0.6) is 0 Å². The molecule has 6 nitrogen and oxygen atoms in total. The van der Waals surface area contributed by atoms with Crippen LogP contribution in [0, 0.1) is 5.92 Å². The molecule has 0 bridgehead atoms. The SMILES string of the molecule is CC[C@H](C)[C@H](N)C(=O)Nc1ccccc1-n1ccnn1. The second kappa shape index (κ2) is 6.29. The number of aromatic nitrogens is 3. The van der Waals surface area contributed by atoms with E-state index >= 15 is 0 Å². The van der Waals surface area contributed by atoms with Gasteiger partial charge in [0.05, 0.1) is 29.8 Å². The molecule has 1 aromatic carbocycles. The van der Waals surface area contributed by atoms with Gasteiger partial charge in [0, 0.05) is 0 Å². The average molecular weight is 273 g/mol. The second-order valence-electron chi connectivity index (χ2n) is 4.77. The molecule has 0 spiro atoms. The van der Waals surface area contributed by atoms with E-state index < -0.39 is 6.04 Å². The Morgan fingerprint density at radius 3 is 2.85 bits per heavy atom. The number of hydrogen-bond acceptors (Lipinski definition) is 4. The number of carbonyl (C=O) groups is 1. The molecule has 106 valence electrons. The number of rotatable bonds is 5. The van der Waals surface area contributed by atoms with Gasteiger partial charge in [-0.1, -0.05) is 37.6 Å². The maximum atomic E-state index is 12.2. The van der Waals surface area contributed by atoms with Crippen molar-refractivity contribution in [2.24, 2.45) is 11.7 Å². The summed E-state index contributed by atoms with van der Waals surface area (Å²) < 4.78 is 1.60. The van der Waals surface area contributed by atoms with E-state index in [2.05, 4.69) is 15.6 Å². The Labute approximate surface area is 118 Å². The molecule has 1 amide bonds. The number of benzene rings is 1. The number of para-hydroxylation sites is 2. The molecule has 0 fully saturated rings. The van der Waals surface area contributed by atoms with Gasteiger partial charge in [-0.15, -0.1) is 5.10 Å². The Bertz CT molecular complexity index is 567. The number of amides is 1. The van der Waals surface area contributed by atoms with Gasteiger partial charge in [0.25, 0.3) is 0 Å². The highest BCUT2D eigenvalue weighted by atomic mass is 16.2. The van der Waals surface area contributed by atoms with E-state index in [0.717, 1.165) is 12.1 Å². The third kappa shape index (κ3) is 3.03. The normalized spacial score (nSPS) is 13.8. The summed E-state index contributed by atoms with van der Waals surface area (Å²) in [5, 5.41) is 10.6. The summed E-state index contributed by atoms with van der Waals surface area (Å²) in [7, 11) is 0. The lowest BCUT2D eigenvalue weighted by Gasteiger charge is -2.18. The summed E-state index contributed by atoms with van der Waals surface area (Å²) in [6, 6.07) is 6.88. The van der Waals surface area contributed by atoms with Gasteiger partial charge in [-0.2, -0.15) is 0 Å². The third-order valence-electron chi connectivity index (χ3n) is 3.39. The molecule has 0 saturated heterocycles. The second-order valence-corrected chi connectivity index (χ2v) is 4.77. The van der Waals surface area contributed by atoms with Crippen molar-refractivity contribution in [2.75, 3.05) is 5.32 Å². The Kier molecular flexibility index (Phi) is 4.47. The van der Waals surface area contributed by atoms with Crippen LogP contribution in [0.3, 0.4) is 0 Å². The van der Waals surface area contributed by atoms with E-state index in [9.17, 15) is 4.79 Å². The highest BCUT2D eigenvalue weighted by Gasteiger charge is 2.20. The zero-order chi connectivity index (χ0) is 14.5. The van der Waals surface area contributed by atoms with Crippen molar-refractivity contribution in [2.45, 2.75) is 26.3 Å². The number of carbonyl (C=O) groups excluding carboxylic acids is 1. The topological polar surface area (TPSA) is 85.8 Å². The zero-order valence-corrected chi connectivity index (χ0v) is 11.7. The first-order chi connectivity index (χ1) is 9.63. The number of hydrogen-bond donors (Lipinski definition) is 2. The summed E-state index contributed by atoms with van der Waals surface area (Å²) in [5.41, 5.74) is 7.37. The van der Waals surface area contributed by atoms with Crippen LogP contribution < -0.4 is 11.1 Å². The van der Waals surface area contributed by atoms with Crippen molar-refractivity contribution in [3.05, 3.63) is 36.7 Å². The van der Waals surface area contributed by atoms with E-state index in [1.807, 2.05) is 38.1 Å². The van der Waals surface area contributed by atoms with Gasteiger partial charge in [0.15, 0.2) is 0 Å². The van der Waals surface area contributed by atoms with Gasteiger partial charge < -0.3 is 11.1 Å². The zero-order valence-electron chi connectivity index (χ0n) is 11.7. The lowest BCUT2D eigenvalue weighted by atomic mass is 9.99. The minimum absolute atomic E-state index is 0.133. The van der Waals surface area contributed by atoms with Gasteiger partial charge in [-0.25, -0.2) is 4.68 Å². The summed E-state index contributed by atoms with van der Waals surface area (Å²) in [4.78, 5) is 12.2. The largest absolute Gasteiger partial charge is 0.323 e. The van der Waals surface area contributed by atoms with Crippen molar-refractivity contribution in [3.63, 3.8) is 0 Å². The molecular weight excluding hydrogens is 254 g/mol. The molecule has 0 aliphatic heterocycles. The van der Waals surface area contributed by atoms with Crippen LogP contribution in [0.2, 0.25) is 0 Å². The fourth-order valence-corrected chi connectivity index (χ4v) is 1.84. The fourth-order valence-electron chi connectivity index (χ4n) is 1.84. The molecule has 0 unspecified atom stereocenters. The Balaban J connectivity index is 2.20. The first-order valence-electron chi connectivity index (χ1n) is 6.65. The maximum absolute atomic E-state index is 12.2. The Hall–Kier alpha value is -2.21. The third-order valence-corrected chi connectivity index (χ3v) is 3.39. The first-order valence-corrected chi connectivity index (χ1v) is 6.65. The van der Waals surface area contributed by atoms with Crippen LogP contribution >= 0.6 is 0 Å². The average Bonchev–Trinajstić information content (AvgIpc) is 3.00. The summed E-state index contributed by atoms with van der Waals surface area (Å²) >= 11 is 0. The molecule has 0 aliphatic carbocycles. The van der Waals surface area contributed by atoms with E-state index in [4.69, 9.17) is 5.73 Å². The highest BCUT2D eigenvalue weighted by Crippen LogP contribution is 2.19. The molecule has 0 saturated carbocycles. The van der Waals surface area contributed by atoms with Crippen LogP contribution in [0.25, 0.3) is 5.69 Å². The molecule has 0 radical (unpaired) electrons. The monoisotopic (exact) mass is 273 g/mol. The summed E-state index contributed by atoms with van der Waals surface area (Å²) in [6.07, 6.45) is 4.17. The molecule has 0 aliphatic rings. The maximum Gasteiger partial charge on any atom is 0.241 e. The molecule has 2 rings (SSSR count). The molecule has 2 atom stereocenters. The summed E-state index contributed by atoms with van der Waals surface area (Å²) in [5.74, 6) is -0.0551. The van der Waals surface area contributed by atoms with Crippen LogP contribution in [0.1, 0.15) is 20.3 Å². The van der Waals surface area contributed by atoms with Gasteiger partial charge in [-0.05, 0) is 18.1 Å². The Morgan fingerprint density at radius 1 is 1.45 bits per heavy atom. The lowest BCUT2D eigenvalue weighted by Crippen LogP contribution is -2.40. The van der Waals surface area contributed by atoms with Crippen LogP contribution in [-0.2, 0) is 4.79 Å². The van der Waals surface area contributed by atoms with Gasteiger partial charge in [0.1, 0.15) is 0 Å². The van der Waals surface area contributed by atoms with Crippen LogP contribution in [-0.4, -0.2) is 26.9 Å². The van der Waals surface area contributed by atoms with Crippen molar-refractivity contribution in [3.8, 4) is 5.69 Å². The number of nitrogens with one attached hydrogen (secondary N) is 1. The molecule has 6 heteroatoms. The predicted molar refractivity (Wildman–Crippen MR) is 77.4 cm³/mol. The van der Waals surface area contributed by atoms with Gasteiger partial charge >= 0.3 is 0 Å². The van der Waals surface area contributed by atoms with Gasteiger partial charge in [0.2, 0.25) is 5.91 Å². The minimum Gasteiger partial charge on any atom is -0.323 e. The van der Waals surface area contributed by atoms with E-state index in [1.54, 1.807) is 17.1 Å². The molecule has 20 heavy (non-hydrogen) atoms. The van der Waals surface area contributed by atoms with Crippen LogP contribution in [0.15, 0.2) is 36.7 Å². The van der Waals surface area contributed by atoms with Gasteiger partial charge in [-0.3, -0.25) is 4.79 Å². The number of nitrogens with zero attached hydrogens (tertiary/aromatic N) is 3.